The zero-order valence-corrected chi connectivity index (χ0v) is 16.8. The lowest BCUT2D eigenvalue weighted by Crippen LogP contribution is -2.35. The van der Waals surface area contributed by atoms with Crippen LogP contribution >= 0.6 is 11.6 Å². The van der Waals surface area contributed by atoms with Gasteiger partial charge in [0.05, 0.1) is 10.9 Å². The number of rotatable bonds is 5. The first-order valence-electron chi connectivity index (χ1n) is 9.04. The molecule has 0 spiro atoms. The van der Waals surface area contributed by atoms with E-state index in [1.807, 2.05) is 19.1 Å². The van der Waals surface area contributed by atoms with Crippen LogP contribution in [-0.2, 0) is 10.0 Å². The van der Waals surface area contributed by atoms with E-state index >= 15 is 0 Å². The van der Waals surface area contributed by atoms with Gasteiger partial charge in [-0.2, -0.15) is 4.31 Å². The van der Waals surface area contributed by atoms with E-state index < -0.39 is 10.0 Å². The molecule has 1 atom stereocenters. The summed E-state index contributed by atoms with van der Waals surface area (Å²) < 4.78 is 26.9. The average molecular weight is 407 g/mol. The molecule has 0 bridgehead atoms. The second-order valence-corrected chi connectivity index (χ2v) is 9.11. The SMILES string of the molecule is CC(NC(=O)c1ccc(S(=O)(=O)N2CCCCC2)cc1)c1ccc(Cl)cc1. The molecular weight excluding hydrogens is 384 g/mol. The summed E-state index contributed by atoms with van der Waals surface area (Å²) >= 11 is 5.89. The molecule has 7 heteroatoms. The maximum Gasteiger partial charge on any atom is 0.251 e. The lowest BCUT2D eigenvalue weighted by molar-refractivity contribution is 0.0940. The van der Waals surface area contributed by atoms with Crippen molar-refractivity contribution in [3.8, 4) is 0 Å². The standard InChI is InChI=1S/C20H23ClN2O3S/c1-15(16-5-9-18(21)10-6-16)22-20(24)17-7-11-19(12-8-17)27(25,26)23-13-3-2-4-14-23/h5-12,15H,2-4,13-14H2,1H3,(H,22,24). The van der Waals surface area contributed by atoms with Gasteiger partial charge < -0.3 is 5.32 Å². The first-order chi connectivity index (χ1) is 12.9. The number of sulfonamides is 1. The summed E-state index contributed by atoms with van der Waals surface area (Å²) in [5, 5.41) is 3.55. The monoisotopic (exact) mass is 406 g/mol. The molecule has 2 aromatic rings. The molecule has 0 radical (unpaired) electrons. The van der Waals surface area contributed by atoms with E-state index in [2.05, 4.69) is 5.32 Å². The van der Waals surface area contributed by atoms with Crippen LogP contribution in [0.1, 0.15) is 48.1 Å². The number of nitrogens with one attached hydrogen (secondary N) is 1. The van der Waals surface area contributed by atoms with E-state index in [-0.39, 0.29) is 16.8 Å². The van der Waals surface area contributed by atoms with Crippen LogP contribution < -0.4 is 5.32 Å². The summed E-state index contributed by atoms with van der Waals surface area (Å²) in [5.41, 5.74) is 1.37. The van der Waals surface area contributed by atoms with E-state index in [0.717, 1.165) is 24.8 Å². The van der Waals surface area contributed by atoms with Gasteiger partial charge in [0, 0.05) is 23.7 Å². The normalized spacial score (nSPS) is 16.7. The van der Waals surface area contributed by atoms with Gasteiger partial charge in [-0.3, -0.25) is 4.79 Å². The Hall–Kier alpha value is -1.89. The van der Waals surface area contributed by atoms with Gasteiger partial charge in [0.1, 0.15) is 0 Å². The number of carbonyl (C=O) groups is 1. The van der Waals surface area contributed by atoms with Crippen LogP contribution in [0.3, 0.4) is 0 Å². The highest BCUT2D eigenvalue weighted by Crippen LogP contribution is 2.21. The molecule has 0 aliphatic carbocycles. The Bertz CT molecular complexity index is 890. The third kappa shape index (κ3) is 4.69. The lowest BCUT2D eigenvalue weighted by atomic mass is 10.1. The quantitative estimate of drug-likeness (QED) is 0.815. The second kappa shape index (κ2) is 8.42. The summed E-state index contributed by atoms with van der Waals surface area (Å²) in [4.78, 5) is 12.7. The highest BCUT2D eigenvalue weighted by atomic mass is 35.5. The molecule has 1 fully saturated rings. The van der Waals surface area contributed by atoms with Gasteiger partial charge in [-0.05, 0) is 61.7 Å². The number of benzene rings is 2. The molecule has 0 aromatic heterocycles. The van der Waals surface area contributed by atoms with Crippen molar-refractivity contribution in [3.63, 3.8) is 0 Å². The van der Waals surface area contributed by atoms with Gasteiger partial charge in [-0.25, -0.2) is 8.42 Å². The molecule has 5 nitrogen and oxygen atoms in total. The van der Waals surface area contributed by atoms with E-state index in [0.29, 0.717) is 23.7 Å². The van der Waals surface area contributed by atoms with E-state index in [1.165, 1.54) is 16.4 Å². The summed E-state index contributed by atoms with van der Waals surface area (Å²) in [6.07, 6.45) is 2.85. The third-order valence-corrected chi connectivity index (χ3v) is 6.95. The van der Waals surface area contributed by atoms with Crippen molar-refractivity contribution in [2.45, 2.75) is 37.1 Å². The van der Waals surface area contributed by atoms with Crippen LogP contribution in [0.5, 0.6) is 0 Å². The van der Waals surface area contributed by atoms with Crippen molar-refractivity contribution in [3.05, 3.63) is 64.7 Å². The van der Waals surface area contributed by atoms with Gasteiger partial charge in [0.2, 0.25) is 10.0 Å². The molecule has 1 amide bonds. The molecule has 1 heterocycles. The predicted molar refractivity (Wildman–Crippen MR) is 106 cm³/mol. The van der Waals surface area contributed by atoms with Crippen molar-refractivity contribution in [1.82, 2.24) is 9.62 Å². The summed E-state index contributed by atoms with van der Waals surface area (Å²) in [6, 6.07) is 13.2. The zero-order chi connectivity index (χ0) is 19.4. The fraction of sp³-hybridized carbons (Fsp3) is 0.350. The molecule has 1 N–H and O–H groups in total. The Morgan fingerprint density at radius 2 is 1.59 bits per heavy atom. The van der Waals surface area contributed by atoms with Gasteiger partial charge in [0.15, 0.2) is 0 Å². The van der Waals surface area contributed by atoms with Crippen LogP contribution in [0.2, 0.25) is 5.02 Å². The van der Waals surface area contributed by atoms with Crippen molar-refractivity contribution in [2.75, 3.05) is 13.1 Å². The Morgan fingerprint density at radius 3 is 2.19 bits per heavy atom. The summed E-state index contributed by atoms with van der Waals surface area (Å²) in [5.74, 6) is -0.251. The maximum absolute atomic E-state index is 12.7. The fourth-order valence-corrected chi connectivity index (χ4v) is 4.79. The van der Waals surface area contributed by atoms with Crippen LogP contribution in [0.15, 0.2) is 53.4 Å². The molecule has 1 saturated heterocycles. The Morgan fingerprint density at radius 1 is 1.00 bits per heavy atom. The molecule has 2 aromatic carbocycles. The first-order valence-corrected chi connectivity index (χ1v) is 10.9. The van der Waals surface area contributed by atoms with Crippen LogP contribution in [0.25, 0.3) is 0 Å². The lowest BCUT2D eigenvalue weighted by Gasteiger charge is -2.25. The number of halogens is 1. The Labute approximate surface area is 165 Å². The molecule has 3 rings (SSSR count). The van der Waals surface area contributed by atoms with Crippen molar-refractivity contribution >= 4 is 27.5 Å². The number of hydrogen-bond acceptors (Lipinski definition) is 3. The predicted octanol–water partition coefficient (Wildman–Crippen LogP) is 4.01. The van der Waals surface area contributed by atoms with Crippen molar-refractivity contribution in [1.29, 1.82) is 0 Å². The Kier molecular flexibility index (Phi) is 6.19. The third-order valence-electron chi connectivity index (χ3n) is 4.79. The topological polar surface area (TPSA) is 66.5 Å². The molecule has 1 unspecified atom stereocenters. The largest absolute Gasteiger partial charge is 0.346 e. The van der Waals surface area contributed by atoms with Crippen LogP contribution in [-0.4, -0.2) is 31.7 Å². The van der Waals surface area contributed by atoms with Gasteiger partial charge >= 0.3 is 0 Å². The minimum absolute atomic E-state index is 0.188. The van der Waals surface area contributed by atoms with Gasteiger partial charge in [-0.1, -0.05) is 30.2 Å². The van der Waals surface area contributed by atoms with Crippen LogP contribution in [0, 0.1) is 0 Å². The highest BCUT2D eigenvalue weighted by Gasteiger charge is 2.26. The van der Waals surface area contributed by atoms with Crippen molar-refractivity contribution < 1.29 is 13.2 Å². The maximum atomic E-state index is 12.7. The molecule has 144 valence electrons. The fourth-order valence-electron chi connectivity index (χ4n) is 3.15. The number of piperidine rings is 1. The molecule has 27 heavy (non-hydrogen) atoms. The number of nitrogens with zero attached hydrogens (tertiary/aromatic N) is 1. The average Bonchev–Trinajstić information content (AvgIpc) is 2.69. The minimum atomic E-state index is -3.49. The zero-order valence-electron chi connectivity index (χ0n) is 15.2. The highest BCUT2D eigenvalue weighted by molar-refractivity contribution is 7.89. The van der Waals surface area contributed by atoms with E-state index in [9.17, 15) is 13.2 Å². The smallest absolute Gasteiger partial charge is 0.251 e. The summed E-state index contributed by atoms with van der Waals surface area (Å²) in [7, 11) is -3.49. The number of amides is 1. The van der Waals surface area contributed by atoms with Crippen molar-refractivity contribution in [2.24, 2.45) is 0 Å². The van der Waals surface area contributed by atoms with E-state index in [1.54, 1.807) is 24.3 Å². The van der Waals surface area contributed by atoms with Gasteiger partial charge in [-0.15, -0.1) is 0 Å². The molecular formula is C20H23ClN2O3S. The summed E-state index contributed by atoms with van der Waals surface area (Å²) in [6.45, 7) is 3.00. The molecule has 0 saturated carbocycles. The van der Waals surface area contributed by atoms with E-state index in [4.69, 9.17) is 11.6 Å². The first kappa shape index (κ1) is 19.9. The Balaban J connectivity index is 1.69. The van der Waals surface area contributed by atoms with Crippen LogP contribution in [0.4, 0.5) is 0 Å². The molecule has 1 aliphatic heterocycles. The number of hydrogen-bond donors (Lipinski definition) is 1. The minimum Gasteiger partial charge on any atom is -0.346 e. The molecule has 1 aliphatic rings. The second-order valence-electron chi connectivity index (χ2n) is 6.74. The van der Waals surface area contributed by atoms with Gasteiger partial charge in [0.25, 0.3) is 5.91 Å². The number of carbonyl (C=O) groups excluding carboxylic acids is 1.